The number of rotatable bonds is 3. The number of ether oxygens (including phenoxy) is 1. The zero-order chi connectivity index (χ0) is 24.8. The van der Waals surface area contributed by atoms with Crippen LogP contribution in [0.4, 0.5) is 10.5 Å². The van der Waals surface area contributed by atoms with Gasteiger partial charge in [-0.15, -0.1) is 0 Å². The van der Waals surface area contributed by atoms with E-state index in [2.05, 4.69) is 5.32 Å². The second-order valence-corrected chi connectivity index (χ2v) is 9.96. The first-order valence-electron chi connectivity index (χ1n) is 11.5. The molecule has 10 nitrogen and oxygen atoms in total. The van der Waals surface area contributed by atoms with E-state index in [-0.39, 0.29) is 36.1 Å². The Balaban J connectivity index is 1.49. The maximum Gasteiger partial charge on any atom is 0.410 e. The third-order valence-corrected chi connectivity index (χ3v) is 6.48. The number of benzene rings is 1. The molecule has 1 N–H and O–H groups in total. The van der Waals surface area contributed by atoms with E-state index in [1.807, 2.05) is 25.7 Å². The monoisotopic (exact) mass is 470 g/mol. The molecular formula is C24H30N4O6. The van der Waals surface area contributed by atoms with Crippen LogP contribution in [-0.2, 0) is 14.3 Å². The van der Waals surface area contributed by atoms with Crippen LogP contribution < -0.4 is 10.2 Å². The van der Waals surface area contributed by atoms with Gasteiger partial charge in [0.2, 0.25) is 11.8 Å². The summed E-state index contributed by atoms with van der Waals surface area (Å²) in [5, 5.41) is 2.21. The number of nitrogens with one attached hydrogen (secondary N) is 1. The number of fused-ring (bicyclic) bond motifs is 1. The van der Waals surface area contributed by atoms with Gasteiger partial charge in [0.25, 0.3) is 11.8 Å². The number of imide groups is 2. The van der Waals surface area contributed by atoms with Gasteiger partial charge in [0, 0.05) is 32.6 Å². The minimum Gasteiger partial charge on any atom is -0.444 e. The smallest absolute Gasteiger partial charge is 0.410 e. The molecule has 3 heterocycles. The van der Waals surface area contributed by atoms with E-state index in [0.29, 0.717) is 31.6 Å². The highest BCUT2D eigenvalue weighted by Crippen LogP contribution is 2.35. The lowest BCUT2D eigenvalue weighted by Crippen LogP contribution is -2.54. The highest BCUT2D eigenvalue weighted by Gasteiger charge is 2.46. The van der Waals surface area contributed by atoms with Crippen LogP contribution in [0.2, 0.25) is 0 Å². The standard InChI is InChI=1S/C24H30N4O6/c1-24(2,3)34-23(33)26(4)14-10-12-27(13-11-14)16-7-5-6-15-19(16)22(32)28(21(15)31)17-8-9-18(29)25-20(17)30/h5-7,14,17H,8-13H2,1-4H3,(H,25,29,30). The van der Waals surface area contributed by atoms with Crippen molar-refractivity contribution in [3.05, 3.63) is 29.3 Å². The number of hydrogen-bond acceptors (Lipinski definition) is 7. The molecule has 1 aromatic rings. The van der Waals surface area contributed by atoms with Crippen molar-refractivity contribution in [2.75, 3.05) is 25.0 Å². The van der Waals surface area contributed by atoms with E-state index in [1.54, 1.807) is 30.1 Å². The fourth-order valence-electron chi connectivity index (χ4n) is 4.74. The topological polar surface area (TPSA) is 116 Å². The average Bonchev–Trinajstić information content (AvgIpc) is 3.03. The number of amides is 5. The normalized spacial score (nSPS) is 21.5. The Labute approximate surface area is 198 Å². The number of nitrogens with zero attached hydrogens (tertiary/aromatic N) is 3. The molecular weight excluding hydrogens is 440 g/mol. The fraction of sp³-hybridized carbons (Fsp3) is 0.542. The van der Waals surface area contributed by atoms with E-state index in [0.717, 1.165) is 4.90 Å². The van der Waals surface area contributed by atoms with Gasteiger partial charge >= 0.3 is 6.09 Å². The summed E-state index contributed by atoms with van der Waals surface area (Å²) in [5.74, 6) is -2.06. The molecule has 3 aliphatic heterocycles. The lowest BCUT2D eigenvalue weighted by molar-refractivity contribution is -0.136. The maximum absolute atomic E-state index is 13.3. The summed E-state index contributed by atoms with van der Waals surface area (Å²) in [4.78, 5) is 67.3. The second kappa shape index (κ2) is 8.73. The predicted molar refractivity (Wildman–Crippen MR) is 122 cm³/mol. The van der Waals surface area contributed by atoms with Crippen LogP contribution in [0.3, 0.4) is 0 Å². The van der Waals surface area contributed by atoms with Gasteiger partial charge < -0.3 is 14.5 Å². The molecule has 10 heteroatoms. The molecule has 0 radical (unpaired) electrons. The van der Waals surface area contributed by atoms with Crippen molar-refractivity contribution >= 4 is 35.4 Å². The molecule has 4 rings (SSSR count). The molecule has 0 bridgehead atoms. The Morgan fingerprint density at radius 3 is 2.35 bits per heavy atom. The van der Waals surface area contributed by atoms with Gasteiger partial charge in [-0.1, -0.05) is 6.07 Å². The third kappa shape index (κ3) is 4.36. The average molecular weight is 471 g/mol. The first-order chi connectivity index (χ1) is 16.0. The van der Waals surface area contributed by atoms with Crippen LogP contribution in [0.25, 0.3) is 0 Å². The summed E-state index contributed by atoms with van der Waals surface area (Å²) in [5.41, 5.74) is 0.623. The molecule has 5 amide bonds. The van der Waals surface area contributed by atoms with E-state index in [1.165, 1.54) is 0 Å². The van der Waals surface area contributed by atoms with Gasteiger partial charge in [0.05, 0.1) is 16.8 Å². The van der Waals surface area contributed by atoms with E-state index < -0.39 is 35.3 Å². The maximum atomic E-state index is 13.3. The third-order valence-electron chi connectivity index (χ3n) is 6.48. The molecule has 1 atom stereocenters. The Morgan fingerprint density at radius 1 is 1.06 bits per heavy atom. The molecule has 3 aliphatic rings. The van der Waals surface area contributed by atoms with Crippen molar-refractivity contribution in [1.29, 1.82) is 0 Å². The molecule has 0 spiro atoms. The molecule has 0 aromatic heterocycles. The lowest BCUT2D eigenvalue weighted by atomic mass is 10.0. The predicted octanol–water partition coefficient (Wildman–Crippen LogP) is 1.92. The largest absolute Gasteiger partial charge is 0.444 e. The van der Waals surface area contributed by atoms with Crippen LogP contribution in [-0.4, -0.2) is 77.3 Å². The Kier molecular flexibility index (Phi) is 6.09. The van der Waals surface area contributed by atoms with Crippen LogP contribution in [0.5, 0.6) is 0 Å². The minimum atomic E-state index is -0.994. The van der Waals surface area contributed by atoms with Crippen molar-refractivity contribution in [1.82, 2.24) is 15.1 Å². The number of carbonyl (C=O) groups excluding carboxylic acids is 5. The molecule has 2 saturated heterocycles. The highest BCUT2D eigenvalue weighted by molar-refractivity contribution is 6.25. The summed E-state index contributed by atoms with van der Waals surface area (Å²) in [7, 11) is 1.73. The quantitative estimate of drug-likeness (QED) is 0.671. The van der Waals surface area contributed by atoms with Crippen molar-refractivity contribution in [2.45, 2.75) is 64.1 Å². The molecule has 182 valence electrons. The Morgan fingerprint density at radius 2 is 1.74 bits per heavy atom. The summed E-state index contributed by atoms with van der Waals surface area (Å²) < 4.78 is 5.47. The molecule has 34 heavy (non-hydrogen) atoms. The van der Waals surface area contributed by atoms with Gasteiger partial charge in [-0.25, -0.2) is 4.79 Å². The fourth-order valence-corrected chi connectivity index (χ4v) is 4.74. The zero-order valence-corrected chi connectivity index (χ0v) is 19.9. The molecule has 0 saturated carbocycles. The summed E-state index contributed by atoms with van der Waals surface area (Å²) in [6.07, 6.45) is 1.19. The van der Waals surface area contributed by atoms with Gasteiger partial charge in [0.1, 0.15) is 11.6 Å². The summed E-state index contributed by atoms with van der Waals surface area (Å²) >= 11 is 0. The lowest BCUT2D eigenvalue weighted by Gasteiger charge is -2.38. The number of anilines is 1. The van der Waals surface area contributed by atoms with E-state index in [9.17, 15) is 24.0 Å². The van der Waals surface area contributed by atoms with Crippen molar-refractivity contribution < 1.29 is 28.7 Å². The zero-order valence-electron chi connectivity index (χ0n) is 19.9. The van der Waals surface area contributed by atoms with Gasteiger partial charge in [0.15, 0.2) is 0 Å². The van der Waals surface area contributed by atoms with Gasteiger partial charge in [-0.05, 0) is 52.2 Å². The van der Waals surface area contributed by atoms with Crippen LogP contribution >= 0.6 is 0 Å². The number of carbonyl (C=O) groups is 5. The minimum absolute atomic E-state index is 0.000152. The van der Waals surface area contributed by atoms with Crippen LogP contribution in [0.15, 0.2) is 18.2 Å². The molecule has 1 unspecified atom stereocenters. The number of hydrogen-bond donors (Lipinski definition) is 1. The van der Waals surface area contributed by atoms with E-state index >= 15 is 0 Å². The Bertz CT molecular complexity index is 1050. The first-order valence-corrected chi connectivity index (χ1v) is 11.5. The van der Waals surface area contributed by atoms with Crippen LogP contribution in [0.1, 0.15) is 67.2 Å². The highest BCUT2D eigenvalue weighted by atomic mass is 16.6. The molecule has 1 aromatic carbocycles. The second-order valence-electron chi connectivity index (χ2n) is 9.96. The van der Waals surface area contributed by atoms with Crippen molar-refractivity contribution in [2.24, 2.45) is 0 Å². The summed E-state index contributed by atoms with van der Waals surface area (Å²) in [6.45, 7) is 6.66. The molecule has 0 aliphatic carbocycles. The number of piperidine rings is 2. The Hall–Kier alpha value is -3.43. The molecule has 2 fully saturated rings. The summed E-state index contributed by atoms with van der Waals surface area (Å²) in [6, 6.07) is 4.13. The SMILES string of the molecule is CN(C(=O)OC(C)(C)C)C1CCN(c2cccc3c2C(=O)N(C2CCC(=O)NC2=O)C3=O)CC1. The van der Waals surface area contributed by atoms with Crippen LogP contribution in [0, 0.1) is 0 Å². The van der Waals surface area contributed by atoms with Gasteiger partial charge in [-0.3, -0.25) is 29.4 Å². The first kappa shape index (κ1) is 23.7. The van der Waals surface area contributed by atoms with Crippen molar-refractivity contribution in [3.8, 4) is 0 Å². The van der Waals surface area contributed by atoms with Crippen molar-refractivity contribution in [3.63, 3.8) is 0 Å². The van der Waals surface area contributed by atoms with Gasteiger partial charge in [-0.2, -0.15) is 0 Å². The van der Waals surface area contributed by atoms with E-state index in [4.69, 9.17) is 4.74 Å².